The van der Waals surface area contributed by atoms with E-state index in [0.717, 1.165) is 48.3 Å². The first-order valence-electron chi connectivity index (χ1n) is 12.1. The Labute approximate surface area is 211 Å². The Bertz CT molecular complexity index is 1510. The van der Waals surface area contributed by atoms with E-state index in [2.05, 4.69) is 10.2 Å². The van der Waals surface area contributed by atoms with Gasteiger partial charge in [-0.3, -0.25) is 9.48 Å². The molecule has 0 saturated carbocycles. The Morgan fingerprint density at radius 3 is 2.62 bits per heavy atom. The predicted molar refractivity (Wildman–Crippen MR) is 129 cm³/mol. The van der Waals surface area contributed by atoms with Crippen molar-refractivity contribution in [2.45, 2.75) is 37.8 Å². The third-order valence-electron chi connectivity index (χ3n) is 7.32. The van der Waals surface area contributed by atoms with Crippen molar-refractivity contribution in [2.24, 2.45) is 7.05 Å². The number of fused-ring (bicyclic) bond motifs is 4. The van der Waals surface area contributed by atoms with Crippen molar-refractivity contribution in [2.75, 3.05) is 7.11 Å². The lowest BCUT2D eigenvalue weighted by atomic mass is 9.81. The lowest BCUT2D eigenvalue weighted by molar-refractivity contribution is 0.0392. The molecule has 2 aromatic heterocycles. The second-order valence-corrected chi connectivity index (χ2v) is 9.48. The van der Waals surface area contributed by atoms with Gasteiger partial charge in [-0.15, -0.1) is 0 Å². The molecule has 2 bridgehead atoms. The highest BCUT2D eigenvalue weighted by atomic mass is 19.2. The van der Waals surface area contributed by atoms with Crippen molar-refractivity contribution in [3.63, 3.8) is 0 Å². The highest BCUT2D eigenvalue weighted by Gasteiger charge is 2.43. The van der Waals surface area contributed by atoms with Crippen LogP contribution in [0.1, 0.15) is 46.9 Å². The molecule has 1 fully saturated rings. The molecule has 6 rings (SSSR count). The van der Waals surface area contributed by atoms with E-state index in [4.69, 9.17) is 4.74 Å². The molecule has 7 nitrogen and oxygen atoms in total. The van der Waals surface area contributed by atoms with E-state index in [1.807, 2.05) is 17.0 Å². The third kappa shape index (κ3) is 3.78. The topological polar surface area (TPSA) is 65.2 Å². The Kier molecular flexibility index (Phi) is 5.54. The molecule has 0 spiro atoms. The van der Waals surface area contributed by atoms with Crippen LogP contribution in [0.5, 0.6) is 5.75 Å². The Morgan fingerprint density at radius 1 is 1.11 bits per heavy atom. The largest absolute Gasteiger partial charge is 0.493 e. The third-order valence-corrected chi connectivity index (χ3v) is 7.32. The number of nitrogens with zero attached hydrogens (tertiary/aromatic N) is 5. The van der Waals surface area contributed by atoms with E-state index >= 15 is 0 Å². The van der Waals surface area contributed by atoms with Crippen LogP contribution in [0.25, 0.3) is 16.9 Å². The van der Waals surface area contributed by atoms with Gasteiger partial charge in [-0.2, -0.15) is 10.2 Å². The molecule has 0 unspecified atom stereocenters. The van der Waals surface area contributed by atoms with E-state index in [1.165, 1.54) is 0 Å². The molecule has 37 heavy (non-hydrogen) atoms. The van der Waals surface area contributed by atoms with Gasteiger partial charge < -0.3 is 9.64 Å². The second-order valence-electron chi connectivity index (χ2n) is 9.48. The number of aryl methyl sites for hydroxylation is 1. The lowest BCUT2D eigenvalue weighted by Crippen LogP contribution is -2.49. The number of amides is 1. The van der Waals surface area contributed by atoms with Gasteiger partial charge in [0.2, 0.25) is 0 Å². The minimum Gasteiger partial charge on any atom is -0.493 e. The van der Waals surface area contributed by atoms with E-state index in [1.54, 1.807) is 48.0 Å². The number of carbonyl (C=O) groups is 1. The monoisotopic (exact) mass is 507 g/mol. The van der Waals surface area contributed by atoms with Gasteiger partial charge in [0.25, 0.3) is 5.91 Å². The van der Waals surface area contributed by atoms with Crippen molar-refractivity contribution in [3.8, 4) is 22.7 Å². The molecule has 0 N–H and O–H groups in total. The number of ether oxygens (including phenoxy) is 1. The van der Waals surface area contributed by atoms with E-state index < -0.39 is 17.5 Å². The van der Waals surface area contributed by atoms with Crippen molar-refractivity contribution in [1.82, 2.24) is 24.5 Å². The lowest BCUT2D eigenvalue weighted by Gasteiger charge is -2.45. The van der Waals surface area contributed by atoms with E-state index in [0.29, 0.717) is 23.4 Å². The molecular weight excluding hydrogens is 483 g/mol. The van der Waals surface area contributed by atoms with Gasteiger partial charge >= 0.3 is 0 Å². The highest BCUT2D eigenvalue weighted by Crippen LogP contribution is 2.45. The minimum atomic E-state index is -1.50. The molecule has 2 atom stereocenters. The summed E-state index contributed by atoms with van der Waals surface area (Å²) in [6.07, 6.45) is 6.31. The average Bonchev–Trinajstić information content (AvgIpc) is 3.51. The number of piperidine rings is 1. The molecule has 2 aliphatic rings. The number of carbonyl (C=O) groups excluding carboxylic acids is 1. The van der Waals surface area contributed by atoms with Crippen LogP contribution < -0.4 is 4.74 Å². The SMILES string of the molecule is COc1cnn(-c2cccc(C(=O)N3[C@@H]4CCC[C@H]3c3nn(C)c(-c5cc(F)c(F)c(F)c5)c3C4)c2)c1. The van der Waals surface area contributed by atoms with Crippen LogP contribution in [0, 0.1) is 17.5 Å². The molecule has 2 aromatic carbocycles. The fourth-order valence-electron chi connectivity index (χ4n) is 5.69. The first kappa shape index (κ1) is 23.3. The minimum absolute atomic E-state index is 0.0923. The van der Waals surface area contributed by atoms with Crippen LogP contribution in [0.4, 0.5) is 13.2 Å². The Hall–Kier alpha value is -4.08. The van der Waals surface area contributed by atoms with Crippen molar-refractivity contribution in [1.29, 1.82) is 0 Å². The van der Waals surface area contributed by atoms with Crippen LogP contribution >= 0.6 is 0 Å². The highest BCUT2D eigenvalue weighted by molar-refractivity contribution is 5.95. The first-order valence-corrected chi connectivity index (χ1v) is 12.1. The molecule has 1 amide bonds. The predicted octanol–water partition coefficient (Wildman–Crippen LogP) is 4.99. The molecule has 2 aliphatic heterocycles. The van der Waals surface area contributed by atoms with Crippen molar-refractivity contribution >= 4 is 5.91 Å². The maximum absolute atomic E-state index is 14.0. The van der Waals surface area contributed by atoms with Gasteiger partial charge in [0.05, 0.1) is 42.6 Å². The standard InChI is InChI=1S/C27H24F3N5O2/c1-33-26(16-10-21(28)24(30)22(29)11-16)20-12-18-7-4-8-23(25(20)32-33)35(18)27(36)15-5-3-6-17(9-15)34-14-19(37-2)13-31-34/h3,5-6,9-11,13-14,18,23H,4,7-8,12H2,1-2H3/t18-,23+/m1/s1. The zero-order valence-electron chi connectivity index (χ0n) is 20.3. The molecular formula is C27H24F3N5O2. The van der Waals surface area contributed by atoms with Crippen LogP contribution in [-0.4, -0.2) is 43.5 Å². The van der Waals surface area contributed by atoms with Crippen LogP contribution in [0.3, 0.4) is 0 Å². The number of rotatable bonds is 4. The van der Waals surface area contributed by atoms with Gasteiger partial charge in [-0.05, 0) is 56.0 Å². The molecule has 1 saturated heterocycles. The Balaban J connectivity index is 1.37. The quantitative estimate of drug-likeness (QED) is 0.365. The summed E-state index contributed by atoms with van der Waals surface area (Å²) in [5, 5.41) is 8.98. The smallest absolute Gasteiger partial charge is 0.254 e. The molecule has 4 heterocycles. The number of aromatic nitrogens is 4. The van der Waals surface area contributed by atoms with Gasteiger partial charge in [0, 0.05) is 29.8 Å². The molecule has 0 aliphatic carbocycles. The van der Waals surface area contributed by atoms with Crippen molar-refractivity contribution in [3.05, 3.63) is 83.1 Å². The van der Waals surface area contributed by atoms with E-state index in [9.17, 15) is 18.0 Å². The fourth-order valence-corrected chi connectivity index (χ4v) is 5.69. The summed E-state index contributed by atoms with van der Waals surface area (Å²) in [6.45, 7) is 0. The van der Waals surface area contributed by atoms with Gasteiger partial charge in [-0.25, -0.2) is 17.9 Å². The number of hydrogen-bond donors (Lipinski definition) is 0. The second kappa shape index (κ2) is 8.79. The molecule has 4 aromatic rings. The number of methoxy groups -OCH3 is 1. The fraction of sp³-hybridized carbons (Fsp3) is 0.296. The summed E-state index contributed by atoms with van der Waals surface area (Å²) >= 11 is 0. The summed E-state index contributed by atoms with van der Waals surface area (Å²) in [7, 11) is 3.27. The van der Waals surface area contributed by atoms with Crippen LogP contribution in [0.2, 0.25) is 0 Å². The molecule has 10 heteroatoms. The maximum Gasteiger partial charge on any atom is 0.254 e. The summed E-state index contributed by atoms with van der Waals surface area (Å²) in [4.78, 5) is 15.8. The van der Waals surface area contributed by atoms with Gasteiger partial charge in [0.1, 0.15) is 0 Å². The first-order chi connectivity index (χ1) is 17.9. The summed E-state index contributed by atoms with van der Waals surface area (Å²) in [6, 6.07) is 8.91. The van der Waals surface area contributed by atoms with Gasteiger partial charge in [-0.1, -0.05) is 6.07 Å². The van der Waals surface area contributed by atoms with Crippen molar-refractivity contribution < 1.29 is 22.7 Å². The Morgan fingerprint density at radius 2 is 1.89 bits per heavy atom. The normalized spacial score (nSPS) is 18.6. The maximum atomic E-state index is 14.0. The molecule has 190 valence electrons. The average molecular weight is 508 g/mol. The van der Waals surface area contributed by atoms with Gasteiger partial charge in [0.15, 0.2) is 23.2 Å². The van der Waals surface area contributed by atoms with Crippen LogP contribution in [0.15, 0.2) is 48.8 Å². The zero-order valence-corrected chi connectivity index (χ0v) is 20.3. The number of hydrogen-bond acceptors (Lipinski definition) is 4. The summed E-state index contributed by atoms with van der Waals surface area (Å²) < 4.78 is 50.1. The van der Waals surface area contributed by atoms with Crippen LogP contribution in [-0.2, 0) is 13.5 Å². The molecule has 0 radical (unpaired) electrons. The number of benzene rings is 2. The zero-order chi connectivity index (χ0) is 25.8. The summed E-state index contributed by atoms with van der Waals surface area (Å²) in [5.41, 5.74) is 3.62. The summed E-state index contributed by atoms with van der Waals surface area (Å²) in [5.74, 6) is -3.47. The number of halogens is 3. The van der Waals surface area contributed by atoms with E-state index in [-0.39, 0.29) is 23.6 Å².